The molecule has 5 heterocycles. The molecule has 14 heteroatoms. The number of aromatic amines is 1. The van der Waals surface area contributed by atoms with E-state index < -0.39 is 23.6 Å². The number of carbonyl (C=O) groups is 3. The zero-order chi connectivity index (χ0) is 38.1. The average molecular weight is 751 g/mol. The molecule has 0 radical (unpaired) electrons. The van der Waals surface area contributed by atoms with E-state index in [4.69, 9.17) is 0 Å². The molecule has 0 unspecified atom stereocenters. The number of carbonyl (C=O) groups excluding carboxylic acids is 3. The first-order valence-corrected chi connectivity index (χ1v) is 19.1. The lowest BCUT2D eigenvalue weighted by atomic mass is 9.85. The van der Waals surface area contributed by atoms with Crippen molar-refractivity contribution in [2.24, 2.45) is 5.41 Å². The molecule has 13 nitrogen and oxygen atoms in total. The number of H-pyrrole nitrogens is 1. The SMILES string of the molecule is Cc1ncsc1-c1ccc(CNC(=O)[C@@H]2C[C@@H](O)CN2C(=O)[C@@H](NCCC(=O)N2CC(c3cc4cc(-c5ccccc5O)nnc4[nH]3)C2)C(C)(C)C)cc1. The van der Waals surface area contributed by atoms with Gasteiger partial charge in [0.05, 0.1) is 33.9 Å². The molecular weight excluding hydrogens is 705 g/mol. The van der Waals surface area contributed by atoms with Crippen molar-refractivity contribution in [3.05, 3.63) is 83.1 Å². The first-order valence-electron chi connectivity index (χ1n) is 18.3. The van der Waals surface area contributed by atoms with E-state index in [2.05, 4.69) is 30.8 Å². The van der Waals surface area contributed by atoms with Crippen molar-refractivity contribution in [1.82, 2.24) is 40.6 Å². The van der Waals surface area contributed by atoms with Gasteiger partial charge in [-0.2, -0.15) is 0 Å². The Balaban J connectivity index is 0.909. The van der Waals surface area contributed by atoms with Crippen LogP contribution in [-0.2, 0) is 20.9 Å². The first kappa shape index (κ1) is 37.1. The molecule has 0 saturated carbocycles. The number of nitrogens with one attached hydrogen (secondary N) is 3. The number of aryl methyl sites for hydroxylation is 1. The first-order chi connectivity index (χ1) is 25.9. The van der Waals surface area contributed by atoms with E-state index in [1.807, 2.05) is 75.7 Å². The number of aromatic hydroxyl groups is 1. The molecule has 2 saturated heterocycles. The lowest BCUT2D eigenvalue weighted by Crippen LogP contribution is -2.57. The standard InChI is InChI=1S/C40H46N8O5S/c1-23-35(54-22-43-23)25-11-9-24(10-12-25)18-42-38(52)32-17-28(49)21-48(32)39(53)36(40(2,3)4)41-14-13-34(51)47-19-27(20-47)30-15-26-16-31(45-46-37(26)44-30)29-7-5-6-8-33(29)50/h5-12,15-16,22,27-28,32,36,41,49-50H,13-14,17-21H2,1-4H3,(H,42,52)(H,44,46)/t28-,32+,36-/m1/s1. The normalized spacial score (nSPS) is 18.2. The number of thiazole rings is 1. The fraction of sp³-hybridized carbons (Fsp3) is 0.400. The third-order valence-corrected chi connectivity index (χ3v) is 11.3. The van der Waals surface area contributed by atoms with Gasteiger partial charge in [0.15, 0.2) is 5.65 Å². The second-order valence-corrected chi connectivity index (χ2v) is 16.2. The molecule has 0 aliphatic carbocycles. The number of aromatic nitrogens is 4. The van der Waals surface area contributed by atoms with Gasteiger partial charge in [0.1, 0.15) is 11.8 Å². The predicted molar refractivity (Wildman–Crippen MR) is 206 cm³/mol. The monoisotopic (exact) mass is 750 g/mol. The fourth-order valence-electron chi connectivity index (χ4n) is 7.25. The van der Waals surface area contributed by atoms with E-state index in [1.165, 1.54) is 4.90 Å². The molecule has 2 aliphatic heterocycles. The Hall–Kier alpha value is -5.18. The quantitative estimate of drug-likeness (QED) is 0.131. The number of fused-ring (bicyclic) bond motifs is 1. The zero-order valence-corrected chi connectivity index (χ0v) is 31.7. The van der Waals surface area contributed by atoms with Crippen LogP contribution in [0.3, 0.4) is 0 Å². The molecular formula is C40H46N8O5S. The van der Waals surface area contributed by atoms with Crippen LogP contribution in [-0.4, -0.2) is 102 Å². The number of aliphatic hydroxyl groups is 1. The third kappa shape index (κ3) is 7.86. The van der Waals surface area contributed by atoms with Crippen LogP contribution in [0.5, 0.6) is 5.75 Å². The number of nitrogens with zero attached hydrogens (tertiary/aromatic N) is 5. The summed E-state index contributed by atoms with van der Waals surface area (Å²) in [7, 11) is 0. The number of phenols is 1. The van der Waals surface area contributed by atoms with Crippen LogP contribution in [0.1, 0.15) is 56.5 Å². The summed E-state index contributed by atoms with van der Waals surface area (Å²) in [4.78, 5) is 52.7. The molecule has 7 rings (SSSR count). The third-order valence-electron chi connectivity index (χ3n) is 10.3. The Morgan fingerprint density at radius 2 is 1.80 bits per heavy atom. The zero-order valence-electron chi connectivity index (χ0n) is 30.9. The van der Waals surface area contributed by atoms with Crippen molar-refractivity contribution in [2.75, 3.05) is 26.2 Å². The van der Waals surface area contributed by atoms with Crippen molar-refractivity contribution in [3.63, 3.8) is 0 Å². The second-order valence-electron chi connectivity index (χ2n) is 15.4. The summed E-state index contributed by atoms with van der Waals surface area (Å²) < 4.78 is 0. The molecule has 3 atom stereocenters. The minimum atomic E-state index is -0.809. The van der Waals surface area contributed by atoms with Crippen molar-refractivity contribution in [2.45, 2.75) is 71.2 Å². The number of hydrogen-bond donors (Lipinski definition) is 5. The fourth-order valence-corrected chi connectivity index (χ4v) is 8.06. The highest BCUT2D eigenvalue weighted by Crippen LogP contribution is 2.33. The van der Waals surface area contributed by atoms with Crippen molar-refractivity contribution in [3.8, 4) is 27.4 Å². The van der Waals surface area contributed by atoms with Gasteiger partial charge in [-0.05, 0) is 47.7 Å². The highest BCUT2D eigenvalue weighted by atomic mass is 32.1. The number of para-hydroxylation sites is 1. The van der Waals surface area contributed by atoms with Crippen LogP contribution >= 0.6 is 11.3 Å². The van der Waals surface area contributed by atoms with Gasteiger partial charge < -0.3 is 35.6 Å². The van der Waals surface area contributed by atoms with Crippen LogP contribution in [0.25, 0.3) is 32.7 Å². The van der Waals surface area contributed by atoms with E-state index in [1.54, 1.807) is 34.4 Å². The molecule has 282 valence electrons. The Bertz CT molecular complexity index is 2150. The molecule has 0 spiro atoms. The van der Waals surface area contributed by atoms with Crippen LogP contribution in [0.4, 0.5) is 0 Å². The lowest BCUT2D eigenvalue weighted by Gasteiger charge is -2.39. The molecule has 3 amide bonds. The van der Waals surface area contributed by atoms with Gasteiger partial charge in [-0.3, -0.25) is 14.4 Å². The van der Waals surface area contributed by atoms with Crippen LogP contribution in [0, 0.1) is 12.3 Å². The highest BCUT2D eigenvalue weighted by Gasteiger charge is 2.44. The Kier molecular flexibility index (Phi) is 10.5. The van der Waals surface area contributed by atoms with Gasteiger partial charge in [-0.1, -0.05) is 57.2 Å². The van der Waals surface area contributed by atoms with Gasteiger partial charge >= 0.3 is 0 Å². The summed E-state index contributed by atoms with van der Waals surface area (Å²) in [6.07, 6.45) is -0.438. The summed E-state index contributed by atoms with van der Waals surface area (Å²) in [6.45, 7) is 9.58. The number of β-amino-alcohol motifs (C(OH)–C–C–N with tert-alkyl or cyclic N) is 1. The van der Waals surface area contributed by atoms with Gasteiger partial charge in [0.2, 0.25) is 17.7 Å². The summed E-state index contributed by atoms with van der Waals surface area (Å²) in [5.41, 5.74) is 7.08. The smallest absolute Gasteiger partial charge is 0.243 e. The molecule has 2 aromatic carbocycles. The van der Waals surface area contributed by atoms with E-state index >= 15 is 0 Å². The minimum Gasteiger partial charge on any atom is -0.507 e. The maximum atomic E-state index is 14.0. The maximum absolute atomic E-state index is 14.0. The number of aliphatic hydroxyl groups excluding tert-OH is 1. The van der Waals surface area contributed by atoms with Gasteiger partial charge in [0.25, 0.3) is 0 Å². The number of benzene rings is 2. The van der Waals surface area contributed by atoms with E-state index in [0.29, 0.717) is 36.5 Å². The van der Waals surface area contributed by atoms with E-state index in [9.17, 15) is 24.6 Å². The topological polar surface area (TPSA) is 177 Å². The molecule has 3 aromatic heterocycles. The van der Waals surface area contributed by atoms with Crippen molar-refractivity contribution >= 4 is 40.1 Å². The number of likely N-dealkylation sites (tertiary alicyclic amines) is 2. The molecule has 54 heavy (non-hydrogen) atoms. The largest absolute Gasteiger partial charge is 0.507 e. The minimum absolute atomic E-state index is 0.0133. The number of amides is 3. The molecule has 2 fully saturated rings. The predicted octanol–water partition coefficient (Wildman–Crippen LogP) is 4.36. The summed E-state index contributed by atoms with van der Waals surface area (Å²) >= 11 is 1.59. The Morgan fingerprint density at radius 3 is 2.50 bits per heavy atom. The number of phenolic OH excluding ortho intramolecular Hbond substituents is 1. The average Bonchev–Trinajstić information content (AvgIpc) is 3.85. The molecule has 0 bridgehead atoms. The van der Waals surface area contributed by atoms with Gasteiger partial charge in [-0.15, -0.1) is 21.5 Å². The highest BCUT2D eigenvalue weighted by molar-refractivity contribution is 7.13. The summed E-state index contributed by atoms with van der Waals surface area (Å²) in [5, 5.41) is 36.5. The van der Waals surface area contributed by atoms with E-state index in [0.717, 1.165) is 32.8 Å². The van der Waals surface area contributed by atoms with Crippen LogP contribution in [0.2, 0.25) is 0 Å². The Morgan fingerprint density at radius 1 is 1.04 bits per heavy atom. The molecule has 2 aliphatic rings. The lowest BCUT2D eigenvalue weighted by molar-refractivity contribution is -0.142. The van der Waals surface area contributed by atoms with Crippen molar-refractivity contribution in [1.29, 1.82) is 0 Å². The number of rotatable bonds is 11. The summed E-state index contributed by atoms with van der Waals surface area (Å²) in [6, 6.07) is 17.4. The van der Waals surface area contributed by atoms with Gasteiger partial charge in [0, 0.05) is 68.1 Å². The van der Waals surface area contributed by atoms with Gasteiger partial charge in [-0.25, -0.2) is 4.98 Å². The second kappa shape index (κ2) is 15.3. The Labute approximate surface area is 317 Å². The maximum Gasteiger partial charge on any atom is 0.243 e. The molecule has 5 N–H and O–H groups in total. The van der Waals surface area contributed by atoms with E-state index in [-0.39, 0.29) is 55.3 Å². The van der Waals surface area contributed by atoms with Crippen LogP contribution in [0.15, 0.2) is 66.2 Å². The number of hydrogen-bond acceptors (Lipinski definition) is 10. The van der Waals surface area contributed by atoms with Crippen molar-refractivity contribution < 1.29 is 24.6 Å². The molecule has 5 aromatic rings. The van der Waals surface area contributed by atoms with Crippen LogP contribution < -0.4 is 10.6 Å². The summed E-state index contributed by atoms with van der Waals surface area (Å²) in [5.74, 6) is -0.324.